The second kappa shape index (κ2) is 5.81. The lowest BCUT2D eigenvalue weighted by atomic mass is 10.2. The van der Waals surface area contributed by atoms with Crippen LogP contribution in [0, 0.1) is 0 Å². The van der Waals surface area contributed by atoms with E-state index in [4.69, 9.17) is 65.4 Å². The molecule has 0 fully saturated rings. The maximum absolute atomic E-state index is 6.57. The average molecular weight is 406 g/mol. The molecule has 124 valence electrons. The number of fused-ring (bicyclic) bond motifs is 2. The van der Waals surface area contributed by atoms with Crippen molar-refractivity contribution >= 4 is 46.4 Å². The van der Waals surface area contributed by atoms with Crippen LogP contribution in [0.2, 0.25) is 10.0 Å². The Morgan fingerprint density at radius 2 is 1.71 bits per heavy atom. The standard InChI is InChI=1S/C16H8Cl4O4/c17-8-5-6-11-14(13(8)18)24-16(20,15(19)23-11)12-7-21-9-3-1-2-4-10(9)22-12/h1-7,15H. The van der Waals surface area contributed by atoms with Crippen molar-refractivity contribution in [2.75, 3.05) is 0 Å². The van der Waals surface area contributed by atoms with E-state index in [-0.39, 0.29) is 16.5 Å². The number of rotatable bonds is 1. The van der Waals surface area contributed by atoms with Crippen molar-refractivity contribution in [2.45, 2.75) is 10.6 Å². The van der Waals surface area contributed by atoms with Gasteiger partial charge in [-0.05, 0) is 24.3 Å². The van der Waals surface area contributed by atoms with Gasteiger partial charge in [-0.25, -0.2) is 0 Å². The molecular weight excluding hydrogens is 398 g/mol. The van der Waals surface area contributed by atoms with Crippen molar-refractivity contribution in [2.24, 2.45) is 0 Å². The molecule has 0 radical (unpaired) electrons. The van der Waals surface area contributed by atoms with Crippen LogP contribution in [-0.2, 0) is 0 Å². The Morgan fingerprint density at radius 3 is 2.50 bits per heavy atom. The number of alkyl halides is 2. The van der Waals surface area contributed by atoms with E-state index in [1.165, 1.54) is 6.26 Å². The lowest BCUT2D eigenvalue weighted by Crippen LogP contribution is -2.49. The first-order chi connectivity index (χ1) is 11.5. The molecule has 0 aromatic heterocycles. The van der Waals surface area contributed by atoms with Gasteiger partial charge in [0.25, 0.3) is 5.06 Å². The van der Waals surface area contributed by atoms with Crippen LogP contribution in [0.15, 0.2) is 48.4 Å². The number of hydrogen-bond donors (Lipinski definition) is 0. The molecule has 4 rings (SSSR count). The summed E-state index contributed by atoms with van der Waals surface area (Å²) in [4.78, 5) is 0. The number of ether oxygens (including phenoxy) is 4. The maximum atomic E-state index is 6.57. The summed E-state index contributed by atoms with van der Waals surface area (Å²) in [5, 5.41) is -1.22. The van der Waals surface area contributed by atoms with Crippen molar-refractivity contribution in [3.05, 3.63) is 58.5 Å². The monoisotopic (exact) mass is 404 g/mol. The molecule has 0 amide bonds. The van der Waals surface area contributed by atoms with Crippen LogP contribution in [0.1, 0.15) is 0 Å². The Hall–Kier alpha value is -1.46. The predicted molar refractivity (Wildman–Crippen MR) is 91.7 cm³/mol. The molecule has 0 spiro atoms. The van der Waals surface area contributed by atoms with Crippen LogP contribution in [0.3, 0.4) is 0 Å². The molecule has 0 bridgehead atoms. The van der Waals surface area contributed by atoms with E-state index in [0.29, 0.717) is 22.3 Å². The summed E-state index contributed by atoms with van der Waals surface area (Å²) in [6.45, 7) is 0. The number of halogens is 4. The molecule has 0 aliphatic carbocycles. The van der Waals surface area contributed by atoms with Crippen molar-refractivity contribution in [3.63, 3.8) is 0 Å². The van der Waals surface area contributed by atoms with Gasteiger partial charge >= 0.3 is 0 Å². The Kier molecular flexibility index (Phi) is 3.88. The Labute approximate surface area is 157 Å². The fourth-order valence-corrected chi connectivity index (χ4v) is 3.08. The molecule has 0 saturated heterocycles. The van der Waals surface area contributed by atoms with Crippen LogP contribution >= 0.6 is 46.4 Å². The molecule has 0 N–H and O–H groups in total. The highest BCUT2D eigenvalue weighted by Crippen LogP contribution is 2.51. The van der Waals surface area contributed by atoms with Crippen LogP contribution in [-0.4, -0.2) is 10.6 Å². The van der Waals surface area contributed by atoms with Crippen LogP contribution < -0.4 is 18.9 Å². The number of hydrogen-bond acceptors (Lipinski definition) is 4. The Bertz CT molecular complexity index is 854. The summed E-state index contributed by atoms with van der Waals surface area (Å²) < 4.78 is 22.7. The van der Waals surface area contributed by atoms with Crippen molar-refractivity contribution in [1.29, 1.82) is 0 Å². The zero-order valence-electron chi connectivity index (χ0n) is 11.8. The van der Waals surface area contributed by atoms with E-state index < -0.39 is 10.6 Å². The zero-order valence-corrected chi connectivity index (χ0v) is 14.8. The second-order valence-electron chi connectivity index (χ2n) is 5.02. The second-order valence-corrected chi connectivity index (χ2v) is 6.76. The molecule has 2 atom stereocenters. The fourth-order valence-electron chi connectivity index (χ4n) is 2.29. The lowest BCUT2D eigenvalue weighted by Gasteiger charge is -2.38. The van der Waals surface area contributed by atoms with E-state index in [2.05, 4.69) is 0 Å². The fraction of sp³-hybridized carbons (Fsp3) is 0.125. The third kappa shape index (κ3) is 2.45. The molecule has 0 saturated carbocycles. The SMILES string of the molecule is Clc1ccc2c(c1Cl)OC(Cl)(C1=COc3ccccc3O1)C(Cl)O2. The molecular formula is C16H8Cl4O4. The highest BCUT2D eigenvalue weighted by molar-refractivity contribution is 6.43. The van der Waals surface area contributed by atoms with Gasteiger partial charge in [0.1, 0.15) is 11.3 Å². The molecule has 2 aromatic rings. The van der Waals surface area contributed by atoms with Gasteiger partial charge in [0.05, 0.1) is 5.02 Å². The summed E-state index contributed by atoms with van der Waals surface area (Å²) in [6, 6.07) is 10.3. The summed E-state index contributed by atoms with van der Waals surface area (Å²) >= 11 is 25.0. The first-order valence-electron chi connectivity index (χ1n) is 6.80. The molecule has 4 nitrogen and oxygen atoms in total. The summed E-state index contributed by atoms with van der Waals surface area (Å²) in [6.07, 6.45) is 1.32. The normalized spacial score (nSPS) is 24.3. The van der Waals surface area contributed by atoms with Gasteiger partial charge in [-0.3, -0.25) is 0 Å². The van der Waals surface area contributed by atoms with E-state index >= 15 is 0 Å². The summed E-state index contributed by atoms with van der Waals surface area (Å²) in [5.74, 6) is 1.67. The number of benzene rings is 2. The molecule has 24 heavy (non-hydrogen) atoms. The zero-order chi connectivity index (χ0) is 16.9. The highest BCUT2D eigenvalue weighted by atomic mass is 35.5. The molecule has 2 aliphatic heterocycles. The van der Waals surface area contributed by atoms with Crippen LogP contribution in [0.5, 0.6) is 23.0 Å². The van der Waals surface area contributed by atoms with Crippen LogP contribution in [0.25, 0.3) is 0 Å². The van der Waals surface area contributed by atoms with Gasteiger partial charge in [0, 0.05) is 0 Å². The summed E-state index contributed by atoms with van der Waals surface area (Å²) in [7, 11) is 0. The third-order valence-electron chi connectivity index (χ3n) is 3.48. The largest absolute Gasteiger partial charge is 0.464 e. The molecule has 2 aliphatic rings. The summed E-state index contributed by atoms with van der Waals surface area (Å²) in [5.41, 5.74) is -1.09. The van der Waals surface area contributed by atoms with Crippen molar-refractivity contribution in [3.8, 4) is 23.0 Å². The van der Waals surface area contributed by atoms with Gasteiger partial charge in [-0.15, -0.1) is 0 Å². The Balaban J connectivity index is 1.73. The molecule has 2 unspecified atom stereocenters. The topological polar surface area (TPSA) is 36.9 Å². The van der Waals surface area contributed by atoms with Crippen molar-refractivity contribution < 1.29 is 18.9 Å². The minimum atomic E-state index is -1.68. The quantitative estimate of drug-likeness (QED) is 0.580. The lowest BCUT2D eigenvalue weighted by molar-refractivity contribution is 0.0300. The molecule has 2 heterocycles. The number of para-hydroxylation sites is 2. The predicted octanol–water partition coefficient (Wildman–Crippen LogP) is 5.58. The minimum absolute atomic E-state index is 0.129. The van der Waals surface area contributed by atoms with Gasteiger partial charge in [0.2, 0.25) is 11.3 Å². The minimum Gasteiger partial charge on any atom is -0.464 e. The third-order valence-corrected chi connectivity index (χ3v) is 5.24. The van der Waals surface area contributed by atoms with Crippen molar-refractivity contribution in [1.82, 2.24) is 0 Å². The van der Waals surface area contributed by atoms with Gasteiger partial charge in [-0.1, -0.05) is 58.5 Å². The molecule has 2 aromatic carbocycles. The highest BCUT2D eigenvalue weighted by Gasteiger charge is 2.52. The van der Waals surface area contributed by atoms with Gasteiger partial charge in [-0.2, -0.15) is 0 Å². The van der Waals surface area contributed by atoms with E-state index in [1.807, 2.05) is 6.07 Å². The smallest absolute Gasteiger partial charge is 0.294 e. The molecule has 8 heteroatoms. The first-order valence-corrected chi connectivity index (χ1v) is 8.37. The van der Waals surface area contributed by atoms with Crippen LogP contribution in [0.4, 0.5) is 0 Å². The maximum Gasteiger partial charge on any atom is 0.294 e. The van der Waals surface area contributed by atoms with Gasteiger partial charge in [0.15, 0.2) is 23.0 Å². The Morgan fingerprint density at radius 1 is 0.958 bits per heavy atom. The van der Waals surface area contributed by atoms with Gasteiger partial charge < -0.3 is 18.9 Å². The first kappa shape index (κ1) is 16.0. The van der Waals surface area contributed by atoms with E-state index in [1.54, 1.807) is 30.3 Å². The average Bonchev–Trinajstić information content (AvgIpc) is 2.60. The van der Waals surface area contributed by atoms with E-state index in [9.17, 15) is 0 Å². The van der Waals surface area contributed by atoms with E-state index in [0.717, 1.165) is 0 Å².